The van der Waals surface area contributed by atoms with Gasteiger partial charge < -0.3 is 0 Å². The average Bonchev–Trinajstić information content (AvgIpc) is 2.62. The van der Waals surface area contributed by atoms with Gasteiger partial charge in [-0.15, -0.1) is 0 Å². The predicted molar refractivity (Wildman–Crippen MR) is 50.3 cm³/mol. The van der Waals surface area contributed by atoms with Crippen molar-refractivity contribution in [3.63, 3.8) is 0 Å². The van der Waals surface area contributed by atoms with Gasteiger partial charge in [0.25, 0.3) is 0 Å². The van der Waals surface area contributed by atoms with Gasteiger partial charge in [-0.25, -0.2) is 0 Å². The highest BCUT2D eigenvalue weighted by molar-refractivity contribution is 5.41. The monoisotopic (exact) mass is 158 g/mol. The zero-order chi connectivity index (χ0) is 8.13. The number of hydrogen-bond donors (Lipinski definition) is 0. The van der Waals surface area contributed by atoms with Gasteiger partial charge in [0.05, 0.1) is 0 Å². The normalized spacial score (nSPS) is 36.9. The first-order valence-electron chi connectivity index (χ1n) is 4.95. The summed E-state index contributed by atoms with van der Waals surface area (Å²) in [6, 6.07) is 9.03. The van der Waals surface area contributed by atoms with E-state index in [2.05, 4.69) is 31.2 Å². The lowest BCUT2D eigenvalue weighted by atomic mass is 9.85. The summed E-state index contributed by atoms with van der Waals surface area (Å²) in [5, 5.41) is 0. The van der Waals surface area contributed by atoms with Crippen molar-refractivity contribution in [3.8, 4) is 0 Å². The van der Waals surface area contributed by atoms with Crippen LogP contribution in [0.4, 0.5) is 0 Å². The molecule has 1 saturated carbocycles. The molecule has 0 heterocycles. The summed E-state index contributed by atoms with van der Waals surface area (Å²) >= 11 is 0. The highest BCUT2D eigenvalue weighted by atomic mass is 14.4. The summed E-state index contributed by atoms with van der Waals surface area (Å²) in [5.41, 5.74) is 3.31. The minimum Gasteiger partial charge on any atom is -0.0620 e. The van der Waals surface area contributed by atoms with Crippen LogP contribution in [0, 0.1) is 5.92 Å². The van der Waals surface area contributed by atoms with Gasteiger partial charge >= 0.3 is 0 Å². The molecule has 2 unspecified atom stereocenters. The van der Waals surface area contributed by atoms with Gasteiger partial charge in [0, 0.05) is 0 Å². The lowest BCUT2D eigenvalue weighted by molar-refractivity contribution is 0.514. The molecule has 3 rings (SSSR count). The molecule has 0 spiro atoms. The summed E-state index contributed by atoms with van der Waals surface area (Å²) < 4.78 is 0. The van der Waals surface area contributed by atoms with Gasteiger partial charge in [-0.3, -0.25) is 0 Å². The number of hydrogen-bond acceptors (Lipinski definition) is 0. The molecular weight excluding hydrogens is 144 g/mol. The van der Waals surface area contributed by atoms with Crippen molar-refractivity contribution in [1.82, 2.24) is 0 Å². The third-order valence-electron chi connectivity index (χ3n) is 3.72. The molecule has 0 saturated heterocycles. The highest BCUT2D eigenvalue weighted by Gasteiger charge is 2.40. The Morgan fingerprint density at radius 1 is 1.08 bits per heavy atom. The SMILES string of the molecule is C[C@H]1CC2CC1c1ccccc12. The Kier molecular flexibility index (Phi) is 1.19. The molecule has 1 fully saturated rings. The Labute approximate surface area is 73.6 Å². The van der Waals surface area contributed by atoms with Crippen molar-refractivity contribution in [2.75, 3.05) is 0 Å². The summed E-state index contributed by atoms with van der Waals surface area (Å²) in [5.74, 6) is 2.73. The smallest absolute Gasteiger partial charge is 0.0127 e. The molecule has 1 aromatic rings. The maximum atomic E-state index is 2.40. The predicted octanol–water partition coefficient (Wildman–Crippen LogP) is 3.30. The second-order valence-electron chi connectivity index (χ2n) is 4.38. The quantitative estimate of drug-likeness (QED) is 0.543. The third-order valence-corrected chi connectivity index (χ3v) is 3.72. The van der Waals surface area contributed by atoms with Crippen molar-refractivity contribution in [2.45, 2.75) is 31.6 Å². The van der Waals surface area contributed by atoms with Gasteiger partial charge in [0.2, 0.25) is 0 Å². The molecule has 0 radical (unpaired) electrons. The lowest BCUT2D eigenvalue weighted by Crippen LogP contribution is -2.06. The molecule has 62 valence electrons. The zero-order valence-corrected chi connectivity index (χ0v) is 7.46. The van der Waals surface area contributed by atoms with Gasteiger partial charge in [-0.2, -0.15) is 0 Å². The van der Waals surface area contributed by atoms with Gasteiger partial charge in [-0.1, -0.05) is 31.2 Å². The topological polar surface area (TPSA) is 0 Å². The van der Waals surface area contributed by atoms with Crippen molar-refractivity contribution in [1.29, 1.82) is 0 Å². The van der Waals surface area contributed by atoms with Crippen LogP contribution in [0.5, 0.6) is 0 Å². The fourth-order valence-electron chi connectivity index (χ4n) is 3.16. The summed E-state index contributed by atoms with van der Waals surface area (Å²) in [6.07, 6.45) is 2.86. The minimum absolute atomic E-state index is 0.895. The van der Waals surface area contributed by atoms with E-state index in [9.17, 15) is 0 Å². The molecule has 2 aliphatic carbocycles. The zero-order valence-electron chi connectivity index (χ0n) is 7.46. The molecule has 2 aliphatic rings. The molecule has 1 aromatic carbocycles. The largest absolute Gasteiger partial charge is 0.0620 e. The highest BCUT2D eigenvalue weighted by Crippen LogP contribution is 2.55. The molecule has 0 N–H and O–H groups in total. The molecule has 0 heteroatoms. The molecule has 0 aromatic heterocycles. The average molecular weight is 158 g/mol. The Morgan fingerprint density at radius 2 is 1.83 bits per heavy atom. The molecule has 0 amide bonds. The van der Waals surface area contributed by atoms with Gasteiger partial charge in [0.1, 0.15) is 0 Å². The van der Waals surface area contributed by atoms with E-state index in [-0.39, 0.29) is 0 Å². The van der Waals surface area contributed by atoms with Crippen LogP contribution in [-0.4, -0.2) is 0 Å². The van der Waals surface area contributed by atoms with Crippen LogP contribution in [0.15, 0.2) is 24.3 Å². The van der Waals surface area contributed by atoms with E-state index in [0.717, 1.165) is 17.8 Å². The van der Waals surface area contributed by atoms with E-state index in [4.69, 9.17) is 0 Å². The van der Waals surface area contributed by atoms with Crippen LogP contribution in [0.1, 0.15) is 42.7 Å². The van der Waals surface area contributed by atoms with Crippen LogP contribution >= 0.6 is 0 Å². The van der Waals surface area contributed by atoms with Gasteiger partial charge in [0.15, 0.2) is 0 Å². The Morgan fingerprint density at radius 3 is 2.67 bits per heavy atom. The molecular formula is C12H14. The fraction of sp³-hybridized carbons (Fsp3) is 0.500. The van der Waals surface area contributed by atoms with Crippen molar-refractivity contribution in [2.24, 2.45) is 5.92 Å². The van der Waals surface area contributed by atoms with E-state index in [1.807, 2.05) is 0 Å². The van der Waals surface area contributed by atoms with E-state index >= 15 is 0 Å². The van der Waals surface area contributed by atoms with Crippen LogP contribution in [-0.2, 0) is 0 Å². The van der Waals surface area contributed by atoms with Crippen LogP contribution < -0.4 is 0 Å². The second kappa shape index (κ2) is 2.12. The molecule has 2 bridgehead atoms. The first-order chi connectivity index (χ1) is 5.86. The molecule has 0 aliphatic heterocycles. The van der Waals surface area contributed by atoms with Gasteiger partial charge in [-0.05, 0) is 41.7 Å². The Hall–Kier alpha value is -0.780. The summed E-state index contributed by atoms with van der Waals surface area (Å²) in [7, 11) is 0. The molecule has 12 heavy (non-hydrogen) atoms. The van der Waals surface area contributed by atoms with Crippen molar-refractivity contribution >= 4 is 0 Å². The van der Waals surface area contributed by atoms with Crippen molar-refractivity contribution in [3.05, 3.63) is 35.4 Å². The first kappa shape index (κ1) is 6.71. The summed E-state index contributed by atoms with van der Waals surface area (Å²) in [4.78, 5) is 0. The van der Waals surface area contributed by atoms with E-state index < -0.39 is 0 Å². The second-order valence-corrected chi connectivity index (χ2v) is 4.38. The van der Waals surface area contributed by atoms with Crippen LogP contribution in [0.25, 0.3) is 0 Å². The van der Waals surface area contributed by atoms with E-state index in [1.165, 1.54) is 12.8 Å². The number of fused-ring (bicyclic) bond motifs is 5. The standard InChI is InChI=1S/C12H14/c1-8-6-9-7-12(8)11-5-3-2-4-10(9)11/h2-5,8-9,12H,6-7H2,1H3/t8-,9?,12?/m0/s1. The number of rotatable bonds is 0. The third kappa shape index (κ3) is 0.682. The maximum Gasteiger partial charge on any atom is -0.0127 e. The Balaban J connectivity index is 2.17. The van der Waals surface area contributed by atoms with E-state index in [1.54, 1.807) is 11.1 Å². The Bertz CT molecular complexity index is 314. The number of benzene rings is 1. The lowest BCUT2D eigenvalue weighted by Gasteiger charge is -2.20. The first-order valence-corrected chi connectivity index (χ1v) is 4.95. The van der Waals surface area contributed by atoms with Crippen LogP contribution in [0.2, 0.25) is 0 Å². The summed E-state index contributed by atoms with van der Waals surface area (Å²) in [6.45, 7) is 2.40. The minimum atomic E-state index is 0.895. The molecule has 3 atom stereocenters. The van der Waals surface area contributed by atoms with Crippen molar-refractivity contribution < 1.29 is 0 Å². The maximum absolute atomic E-state index is 2.40. The fourth-order valence-corrected chi connectivity index (χ4v) is 3.16. The van der Waals surface area contributed by atoms with Crippen LogP contribution in [0.3, 0.4) is 0 Å². The molecule has 0 nitrogen and oxygen atoms in total. The van der Waals surface area contributed by atoms with E-state index in [0.29, 0.717) is 0 Å².